The fourth-order valence-corrected chi connectivity index (χ4v) is 4.22. The second kappa shape index (κ2) is 8.45. The summed E-state index contributed by atoms with van der Waals surface area (Å²) in [6.45, 7) is 6.04. The van der Waals surface area contributed by atoms with E-state index in [2.05, 4.69) is 5.32 Å². The molecule has 1 amide bonds. The number of nitrogens with zero attached hydrogens (tertiary/aromatic N) is 3. The molecule has 1 aliphatic heterocycles. The van der Waals surface area contributed by atoms with E-state index in [1.54, 1.807) is 0 Å². The van der Waals surface area contributed by atoms with Gasteiger partial charge in [0, 0.05) is 22.0 Å². The van der Waals surface area contributed by atoms with Crippen LogP contribution >= 0.6 is 22.9 Å². The van der Waals surface area contributed by atoms with Crippen LogP contribution in [0.25, 0.3) is 11.3 Å². The summed E-state index contributed by atoms with van der Waals surface area (Å²) < 4.78 is 7.31. The van der Waals surface area contributed by atoms with Crippen LogP contribution < -0.4 is 14.9 Å². The number of aromatic nitrogens is 1. The van der Waals surface area contributed by atoms with E-state index >= 15 is 0 Å². The number of fused-ring (bicyclic) bond motifs is 1. The molecule has 0 unspecified atom stereocenters. The van der Waals surface area contributed by atoms with Crippen molar-refractivity contribution in [3.8, 4) is 17.0 Å². The average molecular weight is 441 g/mol. The Labute approximate surface area is 183 Å². The van der Waals surface area contributed by atoms with Crippen LogP contribution in [0.2, 0.25) is 5.02 Å². The summed E-state index contributed by atoms with van der Waals surface area (Å²) in [5, 5.41) is 10.4. The van der Waals surface area contributed by atoms with Gasteiger partial charge in [0.1, 0.15) is 5.75 Å². The van der Waals surface area contributed by atoms with Gasteiger partial charge in [0.2, 0.25) is 4.80 Å². The summed E-state index contributed by atoms with van der Waals surface area (Å²) >= 11 is 7.67. The lowest BCUT2D eigenvalue weighted by Crippen LogP contribution is -2.25. The molecule has 0 saturated heterocycles. The van der Waals surface area contributed by atoms with Crippen LogP contribution in [-0.2, 0) is 4.79 Å². The van der Waals surface area contributed by atoms with E-state index < -0.39 is 0 Å². The molecule has 3 aromatic rings. The normalized spacial score (nSPS) is 14.5. The second-order valence-electron chi connectivity index (χ2n) is 7.18. The lowest BCUT2D eigenvalue weighted by atomic mass is 10.1. The minimum absolute atomic E-state index is 0.0331. The van der Waals surface area contributed by atoms with Crippen molar-refractivity contribution in [1.29, 1.82) is 0 Å². The third-order valence-corrected chi connectivity index (χ3v) is 5.52. The van der Waals surface area contributed by atoms with E-state index in [-0.39, 0.29) is 18.6 Å². The van der Waals surface area contributed by atoms with Crippen molar-refractivity contribution in [2.24, 2.45) is 10.1 Å². The first-order valence-corrected chi connectivity index (χ1v) is 10.8. The van der Waals surface area contributed by atoms with Gasteiger partial charge in [-0.1, -0.05) is 23.7 Å². The molecule has 0 saturated carbocycles. The molecule has 1 N–H and O–H groups in total. The Kier molecular flexibility index (Phi) is 5.74. The number of nitrogens with one attached hydrogen (secondary N) is 1. The molecule has 0 radical (unpaired) electrons. The van der Waals surface area contributed by atoms with Crippen molar-refractivity contribution in [2.45, 2.75) is 26.8 Å². The Morgan fingerprint density at radius 2 is 2.10 bits per heavy atom. The fourth-order valence-electron chi connectivity index (χ4n) is 3.07. The largest absolute Gasteiger partial charge is 0.482 e. The van der Waals surface area contributed by atoms with Crippen molar-refractivity contribution < 1.29 is 9.53 Å². The zero-order valence-corrected chi connectivity index (χ0v) is 18.4. The number of hydrogen-bond acceptors (Lipinski definition) is 5. The quantitative estimate of drug-likeness (QED) is 0.593. The number of thiazole rings is 1. The van der Waals surface area contributed by atoms with Gasteiger partial charge < -0.3 is 10.1 Å². The Balaban J connectivity index is 1.84. The first-order valence-electron chi connectivity index (χ1n) is 9.53. The Morgan fingerprint density at radius 1 is 1.27 bits per heavy atom. The number of carbonyl (C=O) groups excluding carboxylic acids is 1. The maximum atomic E-state index is 11.7. The summed E-state index contributed by atoms with van der Waals surface area (Å²) in [5.74, 6) is 0.494. The monoisotopic (exact) mass is 440 g/mol. The van der Waals surface area contributed by atoms with Crippen LogP contribution in [0, 0.1) is 0 Å². The van der Waals surface area contributed by atoms with Crippen molar-refractivity contribution in [1.82, 2.24) is 4.68 Å². The summed E-state index contributed by atoms with van der Waals surface area (Å²) in [5.41, 5.74) is 4.19. The molecule has 30 heavy (non-hydrogen) atoms. The number of benzene rings is 2. The van der Waals surface area contributed by atoms with E-state index in [1.807, 2.05) is 73.3 Å². The van der Waals surface area contributed by atoms with Crippen molar-refractivity contribution in [2.75, 3.05) is 11.9 Å². The lowest BCUT2D eigenvalue weighted by Gasteiger charge is -2.18. The summed E-state index contributed by atoms with van der Waals surface area (Å²) in [6, 6.07) is 13.4. The minimum Gasteiger partial charge on any atom is -0.482 e. The predicted molar refractivity (Wildman–Crippen MR) is 122 cm³/mol. The summed E-state index contributed by atoms with van der Waals surface area (Å²) in [6.07, 6.45) is 0. The summed E-state index contributed by atoms with van der Waals surface area (Å²) in [4.78, 5) is 17.2. The number of carbonyl (C=O) groups is 1. The second-order valence-corrected chi connectivity index (χ2v) is 8.45. The number of amides is 1. The van der Waals surface area contributed by atoms with Crippen LogP contribution in [0.4, 0.5) is 5.69 Å². The predicted octanol–water partition coefficient (Wildman–Crippen LogP) is 4.78. The van der Waals surface area contributed by atoms with Crippen LogP contribution in [0.5, 0.6) is 5.75 Å². The molecule has 0 fully saturated rings. The van der Waals surface area contributed by atoms with E-state index in [9.17, 15) is 4.79 Å². The molecule has 0 atom stereocenters. The topological polar surface area (TPSA) is 68.0 Å². The number of hydrogen-bond donors (Lipinski definition) is 1. The maximum absolute atomic E-state index is 11.7. The van der Waals surface area contributed by atoms with Crippen LogP contribution in [0.1, 0.15) is 26.3 Å². The smallest absolute Gasteiger partial charge is 0.262 e. The van der Waals surface area contributed by atoms with E-state index in [4.69, 9.17) is 26.4 Å². The van der Waals surface area contributed by atoms with Crippen LogP contribution in [0.15, 0.2) is 57.9 Å². The molecule has 6 nitrogen and oxygen atoms in total. The van der Waals surface area contributed by atoms with Crippen molar-refractivity contribution >= 4 is 40.2 Å². The number of rotatable bonds is 4. The zero-order valence-electron chi connectivity index (χ0n) is 16.8. The molecular weight excluding hydrogens is 420 g/mol. The SMILES string of the molecule is CC(=Nn1c(-c2ccc3c(c2)NC(=O)CO3)csc1=NC(C)C)c1cccc(Cl)c1. The fraction of sp³-hybridized carbons (Fsp3) is 0.227. The van der Waals surface area contributed by atoms with Gasteiger partial charge in [0.25, 0.3) is 5.91 Å². The highest BCUT2D eigenvalue weighted by molar-refractivity contribution is 7.07. The molecule has 0 aliphatic carbocycles. The minimum atomic E-state index is -0.164. The van der Waals surface area contributed by atoms with Gasteiger partial charge in [-0.15, -0.1) is 11.3 Å². The van der Waals surface area contributed by atoms with Crippen LogP contribution in [-0.4, -0.2) is 28.9 Å². The molecule has 2 heterocycles. The van der Waals surface area contributed by atoms with Gasteiger partial charge in [-0.25, -0.2) is 4.68 Å². The van der Waals surface area contributed by atoms with E-state index in [0.29, 0.717) is 16.5 Å². The molecule has 0 spiro atoms. The van der Waals surface area contributed by atoms with E-state index in [1.165, 1.54) is 11.3 Å². The zero-order chi connectivity index (χ0) is 21.3. The highest BCUT2D eigenvalue weighted by Crippen LogP contribution is 2.33. The van der Waals surface area contributed by atoms with Gasteiger partial charge >= 0.3 is 0 Å². The van der Waals surface area contributed by atoms with Gasteiger partial charge in [-0.3, -0.25) is 9.79 Å². The van der Waals surface area contributed by atoms with Crippen molar-refractivity contribution in [3.05, 3.63) is 63.2 Å². The van der Waals surface area contributed by atoms with E-state index in [0.717, 1.165) is 27.3 Å². The Hall–Kier alpha value is -2.90. The molecule has 8 heteroatoms. The molecule has 2 aromatic carbocycles. The van der Waals surface area contributed by atoms with Gasteiger partial charge in [0.15, 0.2) is 6.61 Å². The Bertz CT molecular complexity index is 1210. The Morgan fingerprint density at radius 3 is 2.87 bits per heavy atom. The molecule has 1 aliphatic rings. The average Bonchev–Trinajstić information content (AvgIpc) is 3.08. The molecule has 1 aromatic heterocycles. The third-order valence-electron chi connectivity index (χ3n) is 4.45. The number of halogens is 1. The van der Waals surface area contributed by atoms with Gasteiger partial charge in [0.05, 0.1) is 17.1 Å². The number of ether oxygens (including phenoxy) is 1. The maximum Gasteiger partial charge on any atom is 0.262 e. The highest BCUT2D eigenvalue weighted by atomic mass is 35.5. The first-order chi connectivity index (χ1) is 14.4. The molecular formula is C22H21ClN4O2S. The third kappa shape index (κ3) is 4.32. The van der Waals surface area contributed by atoms with Crippen LogP contribution in [0.3, 0.4) is 0 Å². The standard InChI is InChI=1S/C22H21ClN4O2S/c1-13(2)24-22-27(26-14(3)15-5-4-6-17(23)9-15)19(12-30-22)16-7-8-20-18(10-16)25-21(28)11-29-20/h4-10,12-13H,11H2,1-3H3,(H,25,28). The highest BCUT2D eigenvalue weighted by Gasteiger charge is 2.18. The first kappa shape index (κ1) is 20.4. The number of anilines is 1. The lowest BCUT2D eigenvalue weighted by molar-refractivity contribution is -0.118. The van der Waals surface area contributed by atoms with Crippen molar-refractivity contribution in [3.63, 3.8) is 0 Å². The molecule has 0 bridgehead atoms. The van der Waals surface area contributed by atoms with Gasteiger partial charge in [-0.05, 0) is 56.7 Å². The molecule has 4 rings (SSSR count). The van der Waals surface area contributed by atoms with Gasteiger partial charge in [-0.2, -0.15) is 5.10 Å². The summed E-state index contributed by atoms with van der Waals surface area (Å²) in [7, 11) is 0. The molecule has 154 valence electrons.